The van der Waals surface area contributed by atoms with Crippen molar-refractivity contribution in [1.82, 2.24) is 15.1 Å². The van der Waals surface area contributed by atoms with Gasteiger partial charge in [0.25, 0.3) is 0 Å². The predicted molar refractivity (Wildman–Crippen MR) is 93.6 cm³/mol. The summed E-state index contributed by atoms with van der Waals surface area (Å²) < 4.78 is 29.2. The SMILES string of the molecule is N#CNC(=O)C1(c2ccc(-c3ccc(-n4cc(F)cn4)cc3)c(F)c2)CC1. The summed E-state index contributed by atoms with van der Waals surface area (Å²) in [5, 5.41) is 14.7. The molecule has 134 valence electrons. The van der Waals surface area contributed by atoms with Gasteiger partial charge in [0.05, 0.1) is 23.5 Å². The Hall–Kier alpha value is -3.53. The summed E-state index contributed by atoms with van der Waals surface area (Å²) in [5.41, 5.74) is 1.48. The number of amides is 1. The third-order valence-electron chi connectivity index (χ3n) is 4.87. The van der Waals surface area contributed by atoms with Crippen molar-refractivity contribution in [2.24, 2.45) is 0 Å². The second kappa shape index (κ2) is 6.32. The number of nitrogens with one attached hydrogen (secondary N) is 1. The summed E-state index contributed by atoms with van der Waals surface area (Å²) in [7, 11) is 0. The van der Waals surface area contributed by atoms with Gasteiger partial charge in [0.2, 0.25) is 5.91 Å². The molecule has 0 aliphatic heterocycles. The molecule has 1 N–H and O–H groups in total. The minimum Gasteiger partial charge on any atom is -0.273 e. The average Bonchev–Trinajstić information content (AvgIpc) is 3.38. The molecule has 2 aromatic carbocycles. The Bertz CT molecular complexity index is 1060. The van der Waals surface area contributed by atoms with Crippen LogP contribution in [0.15, 0.2) is 54.9 Å². The molecule has 0 unspecified atom stereocenters. The average molecular weight is 364 g/mol. The number of halogens is 2. The first kappa shape index (κ1) is 16.9. The molecule has 0 saturated heterocycles. The van der Waals surface area contributed by atoms with E-state index in [0.717, 1.165) is 6.20 Å². The number of aromatic nitrogens is 2. The predicted octanol–water partition coefficient (Wildman–Crippen LogP) is 3.45. The molecule has 5 nitrogen and oxygen atoms in total. The molecule has 1 amide bonds. The van der Waals surface area contributed by atoms with Gasteiger partial charge in [-0.3, -0.25) is 10.1 Å². The van der Waals surface area contributed by atoms with Crippen LogP contribution in [0.5, 0.6) is 0 Å². The topological polar surface area (TPSA) is 70.7 Å². The van der Waals surface area contributed by atoms with Gasteiger partial charge in [0, 0.05) is 5.56 Å². The van der Waals surface area contributed by atoms with Crippen LogP contribution in [0.2, 0.25) is 0 Å². The van der Waals surface area contributed by atoms with Crippen LogP contribution in [0.4, 0.5) is 8.78 Å². The minimum atomic E-state index is -0.802. The molecular formula is C20H14F2N4O. The van der Waals surface area contributed by atoms with Crippen LogP contribution in [0.25, 0.3) is 16.8 Å². The Balaban J connectivity index is 1.62. The highest BCUT2D eigenvalue weighted by atomic mass is 19.1. The van der Waals surface area contributed by atoms with E-state index < -0.39 is 23.0 Å². The van der Waals surface area contributed by atoms with E-state index in [2.05, 4.69) is 10.4 Å². The maximum atomic E-state index is 14.7. The normalized spacial score (nSPS) is 14.4. The number of hydrogen-bond donors (Lipinski definition) is 1. The highest BCUT2D eigenvalue weighted by molar-refractivity contribution is 5.92. The van der Waals surface area contributed by atoms with Crippen molar-refractivity contribution >= 4 is 5.91 Å². The van der Waals surface area contributed by atoms with Gasteiger partial charge in [0.1, 0.15) is 5.82 Å². The monoisotopic (exact) mass is 364 g/mol. The number of hydrogen-bond acceptors (Lipinski definition) is 3. The summed E-state index contributed by atoms with van der Waals surface area (Å²) in [6, 6.07) is 11.6. The number of benzene rings is 2. The largest absolute Gasteiger partial charge is 0.273 e. The third-order valence-corrected chi connectivity index (χ3v) is 4.87. The van der Waals surface area contributed by atoms with Gasteiger partial charge < -0.3 is 0 Å². The minimum absolute atomic E-state index is 0.395. The van der Waals surface area contributed by atoms with E-state index in [1.165, 1.54) is 16.9 Å². The Kier molecular flexibility index (Phi) is 3.96. The van der Waals surface area contributed by atoms with Crippen LogP contribution < -0.4 is 5.32 Å². The number of nitrogens with zero attached hydrogens (tertiary/aromatic N) is 3. The van der Waals surface area contributed by atoms with Crippen LogP contribution in [0, 0.1) is 23.1 Å². The Morgan fingerprint density at radius 2 is 1.93 bits per heavy atom. The molecule has 0 atom stereocenters. The molecule has 7 heteroatoms. The van der Waals surface area contributed by atoms with Crippen LogP contribution in [-0.2, 0) is 10.2 Å². The summed E-state index contributed by atoms with van der Waals surface area (Å²) in [4.78, 5) is 12.1. The second-order valence-electron chi connectivity index (χ2n) is 6.49. The van der Waals surface area contributed by atoms with Crippen molar-refractivity contribution in [1.29, 1.82) is 5.26 Å². The zero-order valence-corrected chi connectivity index (χ0v) is 14.1. The van der Waals surface area contributed by atoms with Crippen LogP contribution in [0.1, 0.15) is 18.4 Å². The van der Waals surface area contributed by atoms with Crippen molar-refractivity contribution in [2.75, 3.05) is 0 Å². The molecule has 27 heavy (non-hydrogen) atoms. The zero-order valence-electron chi connectivity index (χ0n) is 14.1. The van der Waals surface area contributed by atoms with Gasteiger partial charge in [0.15, 0.2) is 12.0 Å². The fourth-order valence-corrected chi connectivity index (χ4v) is 3.22. The number of carbonyl (C=O) groups is 1. The molecule has 1 aliphatic rings. The molecule has 1 aliphatic carbocycles. The maximum Gasteiger partial charge on any atom is 0.243 e. The molecule has 1 saturated carbocycles. The number of nitriles is 1. The first-order chi connectivity index (χ1) is 13.0. The second-order valence-corrected chi connectivity index (χ2v) is 6.49. The smallest absolute Gasteiger partial charge is 0.243 e. The molecule has 1 fully saturated rings. The van der Waals surface area contributed by atoms with E-state index in [1.54, 1.807) is 42.6 Å². The van der Waals surface area contributed by atoms with Crippen molar-refractivity contribution in [3.8, 4) is 23.0 Å². The summed E-state index contributed by atoms with van der Waals surface area (Å²) in [6.07, 6.45) is 5.18. The molecule has 0 bridgehead atoms. The Morgan fingerprint density at radius 3 is 2.48 bits per heavy atom. The van der Waals surface area contributed by atoms with Crippen molar-refractivity contribution in [3.63, 3.8) is 0 Å². The van der Waals surface area contributed by atoms with E-state index in [9.17, 15) is 13.6 Å². The standard InChI is InChI=1S/C20H14F2N4O/c21-15-10-25-26(11-15)16-4-1-13(2-5-16)17-6-3-14(9-18(17)22)20(7-8-20)19(27)24-12-23/h1-6,9-11H,7-8H2,(H,24,27). The Morgan fingerprint density at radius 1 is 1.19 bits per heavy atom. The van der Waals surface area contributed by atoms with Gasteiger partial charge in [-0.1, -0.05) is 24.3 Å². The van der Waals surface area contributed by atoms with Gasteiger partial charge in [-0.05, 0) is 42.2 Å². The van der Waals surface area contributed by atoms with Gasteiger partial charge in [-0.25, -0.2) is 13.5 Å². The lowest BCUT2D eigenvalue weighted by Gasteiger charge is -2.14. The lowest BCUT2D eigenvalue weighted by atomic mass is 9.92. The van der Waals surface area contributed by atoms with Crippen LogP contribution in [0.3, 0.4) is 0 Å². The number of rotatable bonds is 4. The molecule has 3 aromatic rings. The fourth-order valence-electron chi connectivity index (χ4n) is 3.22. The van der Waals surface area contributed by atoms with Crippen LogP contribution >= 0.6 is 0 Å². The highest BCUT2D eigenvalue weighted by Crippen LogP contribution is 2.49. The molecule has 4 rings (SSSR count). The molecule has 0 radical (unpaired) electrons. The van der Waals surface area contributed by atoms with E-state index in [0.29, 0.717) is 35.2 Å². The third kappa shape index (κ3) is 2.95. The highest BCUT2D eigenvalue weighted by Gasteiger charge is 2.51. The van der Waals surface area contributed by atoms with Crippen molar-refractivity contribution in [2.45, 2.75) is 18.3 Å². The first-order valence-corrected chi connectivity index (χ1v) is 8.34. The summed E-state index contributed by atoms with van der Waals surface area (Å²) >= 11 is 0. The fraction of sp³-hybridized carbons (Fsp3) is 0.150. The van der Waals surface area contributed by atoms with Gasteiger partial charge >= 0.3 is 0 Å². The van der Waals surface area contributed by atoms with E-state index >= 15 is 0 Å². The lowest BCUT2D eigenvalue weighted by Crippen LogP contribution is -2.31. The first-order valence-electron chi connectivity index (χ1n) is 8.34. The maximum absolute atomic E-state index is 14.7. The van der Waals surface area contributed by atoms with E-state index in [-0.39, 0.29) is 0 Å². The zero-order chi connectivity index (χ0) is 19.0. The molecule has 0 spiro atoms. The van der Waals surface area contributed by atoms with E-state index in [4.69, 9.17) is 5.26 Å². The quantitative estimate of drug-likeness (QED) is 0.569. The summed E-state index contributed by atoms with van der Waals surface area (Å²) in [5.74, 6) is -1.27. The van der Waals surface area contributed by atoms with Crippen molar-refractivity contribution in [3.05, 3.63) is 72.1 Å². The Labute approximate surface area is 153 Å². The van der Waals surface area contributed by atoms with Gasteiger partial charge in [-0.2, -0.15) is 10.4 Å². The van der Waals surface area contributed by atoms with E-state index in [1.807, 2.05) is 0 Å². The summed E-state index contributed by atoms with van der Waals surface area (Å²) in [6.45, 7) is 0. The number of carbonyl (C=O) groups excluding carboxylic acids is 1. The molecule has 1 aromatic heterocycles. The lowest BCUT2D eigenvalue weighted by molar-refractivity contribution is -0.122. The van der Waals surface area contributed by atoms with Crippen molar-refractivity contribution < 1.29 is 13.6 Å². The molecule has 1 heterocycles. The van der Waals surface area contributed by atoms with Crippen LogP contribution in [-0.4, -0.2) is 15.7 Å². The van der Waals surface area contributed by atoms with Gasteiger partial charge in [-0.15, -0.1) is 0 Å². The molecular weight excluding hydrogens is 350 g/mol.